The van der Waals surface area contributed by atoms with Gasteiger partial charge in [0.1, 0.15) is 5.75 Å². The van der Waals surface area contributed by atoms with Crippen LogP contribution in [-0.4, -0.2) is 19.6 Å². The van der Waals surface area contributed by atoms with Crippen LogP contribution in [0.25, 0.3) is 6.08 Å². The van der Waals surface area contributed by atoms with E-state index in [1.165, 1.54) is 0 Å². The summed E-state index contributed by atoms with van der Waals surface area (Å²) in [4.78, 5) is 14.3. The molecule has 0 saturated heterocycles. The fraction of sp³-hybridized carbons (Fsp3) is 0.105. The summed E-state index contributed by atoms with van der Waals surface area (Å²) in [5, 5.41) is 0. The molecule has 24 heavy (non-hydrogen) atoms. The second-order valence-corrected chi connectivity index (χ2v) is 5.32. The van der Waals surface area contributed by atoms with Crippen molar-refractivity contribution < 1.29 is 14.3 Å². The second-order valence-electron chi connectivity index (χ2n) is 5.32. The van der Waals surface area contributed by atoms with Gasteiger partial charge in [0, 0.05) is 12.2 Å². The second kappa shape index (κ2) is 6.50. The quantitative estimate of drug-likeness (QED) is 0.533. The van der Waals surface area contributed by atoms with E-state index in [1.54, 1.807) is 42.4 Å². The van der Waals surface area contributed by atoms with Crippen LogP contribution < -0.4 is 20.1 Å². The molecule has 122 valence electrons. The van der Waals surface area contributed by atoms with Crippen molar-refractivity contribution in [1.29, 1.82) is 0 Å². The highest BCUT2D eigenvalue weighted by Gasteiger charge is 2.29. The Morgan fingerprint density at radius 1 is 1.25 bits per heavy atom. The summed E-state index contributed by atoms with van der Waals surface area (Å²) >= 11 is 0. The number of carbonyl (C=O) groups is 1. The number of amides is 1. The number of hydrogen-bond donors (Lipinski definition) is 1. The third-order valence-electron chi connectivity index (χ3n) is 3.67. The van der Waals surface area contributed by atoms with Crippen molar-refractivity contribution in [3.63, 3.8) is 0 Å². The molecule has 0 radical (unpaired) electrons. The molecule has 0 atom stereocenters. The number of ether oxygens (including phenoxy) is 2. The van der Waals surface area contributed by atoms with Crippen LogP contribution in [-0.2, 0) is 4.79 Å². The Hall–Kier alpha value is -3.21. The Labute approximate surface area is 140 Å². The highest BCUT2D eigenvalue weighted by Crippen LogP contribution is 2.37. The van der Waals surface area contributed by atoms with E-state index in [2.05, 4.69) is 6.58 Å². The SMILES string of the molecule is C=CCN1C(=O)/C(=C\c2ccc(OC)cc2)Oc2ccc(N)cc21. The molecule has 0 aliphatic carbocycles. The van der Waals surface area contributed by atoms with E-state index in [4.69, 9.17) is 15.2 Å². The molecule has 3 rings (SSSR count). The van der Waals surface area contributed by atoms with Gasteiger partial charge in [0.2, 0.25) is 0 Å². The van der Waals surface area contributed by atoms with Crippen LogP contribution in [0.2, 0.25) is 0 Å². The van der Waals surface area contributed by atoms with E-state index < -0.39 is 0 Å². The van der Waals surface area contributed by atoms with Gasteiger partial charge in [-0.15, -0.1) is 6.58 Å². The maximum atomic E-state index is 12.7. The number of carbonyl (C=O) groups excluding carboxylic acids is 1. The molecule has 1 aliphatic heterocycles. The number of nitrogen functional groups attached to an aromatic ring is 1. The molecule has 1 aliphatic rings. The van der Waals surface area contributed by atoms with Crippen molar-refractivity contribution in [2.24, 2.45) is 0 Å². The number of rotatable bonds is 4. The molecule has 2 aromatic carbocycles. The van der Waals surface area contributed by atoms with Gasteiger partial charge in [-0.1, -0.05) is 18.2 Å². The van der Waals surface area contributed by atoms with Crippen LogP contribution in [0.15, 0.2) is 60.9 Å². The molecule has 5 heteroatoms. The van der Waals surface area contributed by atoms with Crippen molar-refractivity contribution in [2.45, 2.75) is 0 Å². The zero-order valence-corrected chi connectivity index (χ0v) is 13.4. The molecule has 0 spiro atoms. The molecule has 0 fully saturated rings. The minimum atomic E-state index is -0.233. The minimum Gasteiger partial charge on any atom is -0.497 e. The molecule has 0 unspecified atom stereocenters. The highest BCUT2D eigenvalue weighted by atomic mass is 16.5. The zero-order chi connectivity index (χ0) is 17.1. The zero-order valence-electron chi connectivity index (χ0n) is 13.4. The first-order chi connectivity index (χ1) is 11.6. The predicted molar refractivity (Wildman–Crippen MR) is 95.0 cm³/mol. The molecule has 5 nitrogen and oxygen atoms in total. The van der Waals surface area contributed by atoms with Crippen LogP contribution >= 0.6 is 0 Å². The summed E-state index contributed by atoms with van der Waals surface area (Å²) in [6.07, 6.45) is 3.37. The van der Waals surface area contributed by atoms with Crippen molar-refractivity contribution in [3.05, 3.63) is 66.4 Å². The monoisotopic (exact) mass is 322 g/mol. The number of fused-ring (bicyclic) bond motifs is 1. The lowest BCUT2D eigenvalue weighted by molar-refractivity contribution is -0.117. The van der Waals surface area contributed by atoms with Gasteiger partial charge >= 0.3 is 0 Å². The number of hydrogen-bond acceptors (Lipinski definition) is 4. The van der Waals surface area contributed by atoms with Crippen LogP contribution in [0.1, 0.15) is 5.56 Å². The van der Waals surface area contributed by atoms with Crippen LogP contribution in [0.4, 0.5) is 11.4 Å². The lowest BCUT2D eigenvalue weighted by atomic mass is 10.1. The average molecular weight is 322 g/mol. The fourth-order valence-electron chi connectivity index (χ4n) is 2.49. The Morgan fingerprint density at radius 2 is 2.00 bits per heavy atom. The smallest absolute Gasteiger partial charge is 0.294 e. The first-order valence-corrected chi connectivity index (χ1v) is 7.48. The van der Waals surface area contributed by atoms with E-state index in [1.807, 2.05) is 24.3 Å². The van der Waals surface area contributed by atoms with Crippen LogP contribution in [0.3, 0.4) is 0 Å². The molecular weight excluding hydrogens is 304 g/mol. The average Bonchev–Trinajstić information content (AvgIpc) is 2.60. The lowest BCUT2D eigenvalue weighted by Gasteiger charge is -2.30. The molecule has 1 heterocycles. The van der Waals surface area contributed by atoms with Crippen LogP contribution in [0.5, 0.6) is 11.5 Å². The molecule has 0 bridgehead atoms. The standard InChI is InChI=1S/C19H18N2O3/c1-3-10-21-16-12-14(20)6-9-17(16)24-18(19(21)22)11-13-4-7-15(23-2)8-5-13/h3-9,11-12H,1,10,20H2,2H3/b18-11+. The minimum absolute atomic E-state index is 0.233. The maximum absolute atomic E-state index is 12.7. The van der Waals surface area contributed by atoms with E-state index in [0.717, 1.165) is 11.3 Å². The highest BCUT2D eigenvalue weighted by molar-refractivity contribution is 6.10. The topological polar surface area (TPSA) is 64.8 Å². The predicted octanol–water partition coefficient (Wildman–Crippen LogP) is 3.23. The van der Waals surface area contributed by atoms with Crippen molar-refractivity contribution in [2.75, 3.05) is 24.3 Å². The molecule has 2 N–H and O–H groups in total. The number of benzene rings is 2. The number of nitrogens with two attached hydrogens (primary N) is 1. The molecular formula is C19H18N2O3. The summed E-state index contributed by atoms with van der Waals surface area (Å²) < 4.78 is 10.9. The lowest BCUT2D eigenvalue weighted by Crippen LogP contribution is -2.37. The summed E-state index contributed by atoms with van der Waals surface area (Å²) in [5.41, 5.74) is 7.89. The number of anilines is 2. The Balaban J connectivity index is 2.00. The summed E-state index contributed by atoms with van der Waals surface area (Å²) in [6, 6.07) is 12.6. The molecule has 1 amide bonds. The summed E-state index contributed by atoms with van der Waals surface area (Å²) in [7, 11) is 1.61. The van der Waals surface area contributed by atoms with Crippen LogP contribution in [0, 0.1) is 0 Å². The number of nitrogens with zero attached hydrogens (tertiary/aromatic N) is 1. The summed E-state index contributed by atoms with van der Waals surface area (Å²) in [5.74, 6) is 1.36. The largest absolute Gasteiger partial charge is 0.497 e. The Morgan fingerprint density at radius 3 is 2.67 bits per heavy atom. The van der Waals surface area contributed by atoms with E-state index in [9.17, 15) is 4.79 Å². The fourth-order valence-corrected chi connectivity index (χ4v) is 2.49. The third-order valence-corrected chi connectivity index (χ3v) is 3.67. The normalized spacial score (nSPS) is 15.0. The van der Waals surface area contributed by atoms with Gasteiger partial charge in [0.05, 0.1) is 12.8 Å². The molecule has 0 saturated carbocycles. The van der Waals surface area contributed by atoms with E-state index in [0.29, 0.717) is 23.7 Å². The van der Waals surface area contributed by atoms with Gasteiger partial charge in [0.25, 0.3) is 5.91 Å². The Bertz CT molecular complexity index is 810. The van der Waals surface area contributed by atoms with Gasteiger partial charge in [-0.25, -0.2) is 0 Å². The van der Waals surface area contributed by atoms with Crippen molar-refractivity contribution in [1.82, 2.24) is 0 Å². The third kappa shape index (κ3) is 2.96. The summed E-state index contributed by atoms with van der Waals surface area (Å²) in [6.45, 7) is 4.09. The molecule has 0 aromatic heterocycles. The van der Waals surface area contributed by atoms with Gasteiger partial charge in [-0.2, -0.15) is 0 Å². The van der Waals surface area contributed by atoms with Gasteiger partial charge in [0.15, 0.2) is 11.5 Å². The van der Waals surface area contributed by atoms with E-state index in [-0.39, 0.29) is 11.7 Å². The van der Waals surface area contributed by atoms with Gasteiger partial charge in [-0.3, -0.25) is 9.69 Å². The van der Waals surface area contributed by atoms with E-state index >= 15 is 0 Å². The first kappa shape index (κ1) is 15.7. The maximum Gasteiger partial charge on any atom is 0.294 e. The first-order valence-electron chi connectivity index (χ1n) is 7.48. The molecule has 2 aromatic rings. The number of methoxy groups -OCH3 is 1. The van der Waals surface area contributed by atoms with Gasteiger partial charge < -0.3 is 15.2 Å². The van der Waals surface area contributed by atoms with Crippen molar-refractivity contribution >= 4 is 23.4 Å². The van der Waals surface area contributed by atoms with Crippen molar-refractivity contribution in [3.8, 4) is 11.5 Å². The van der Waals surface area contributed by atoms with Gasteiger partial charge in [-0.05, 0) is 42.0 Å². The Kier molecular flexibility index (Phi) is 4.24.